The summed E-state index contributed by atoms with van der Waals surface area (Å²) in [6, 6.07) is 12.4. The summed E-state index contributed by atoms with van der Waals surface area (Å²) in [5.74, 6) is 1.46. The second-order valence-corrected chi connectivity index (χ2v) is 9.88. The summed E-state index contributed by atoms with van der Waals surface area (Å²) in [5, 5.41) is 8.31. The molecule has 0 radical (unpaired) electrons. The van der Waals surface area contributed by atoms with Crippen LogP contribution in [-0.2, 0) is 13.0 Å². The number of H-pyrrole nitrogens is 1. The first kappa shape index (κ1) is 27.7. The molecule has 2 aliphatic heterocycles. The molecule has 0 bridgehead atoms. The maximum absolute atomic E-state index is 13.8. The van der Waals surface area contributed by atoms with Gasteiger partial charge in [-0.25, -0.2) is 0 Å². The number of likely N-dealkylation sites (N-methyl/N-ethyl adjacent to an activating group) is 1. The number of aromatic nitrogens is 3. The number of nitrogens with one attached hydrogen (secondary N) is 1. The van der Waals surface area contributed by atoms with Gasteiger partial charge in [0.25, 0.3) is 0 Å². The van der Waals surface area contributed by atoms with Crippen LogP contribution < -0.4 is 9.47 Å². The van der Waals surface area contributed by atoms with Crippen molar-refractivity contribution >= 4 is 62.3 Å². The van der Waals surface area contributed by atoms with E-state index < -0.39 is 0 Å². The summed E-state index contributed by atoms with van der Waals surface area (Å²) < 4.78 is 13.6. The Morgan fingerprint density at radius 1 is 1.24 bits per heavy atom. The van der Waals surface area contributed by atoms with Crippen molar-refractivity contribution in [3.8, 4) is 22.6 Å². The molecule has 196 valence electrons. The summed E-state index contributed by atoms with van der Waals surface area (Å²) in [6.07, 6.45) is 5.54. The number of carbonyl (C=O) groups is 1. The van der Waals surface area contributed by atoms with E-state index in [9.17, 15) is 4.79 Å². The molecule has 0 spiro atoms. The molecule has 4 heterocycles. The van der Waals surface area contributed by atoms with Gasteiger partial charge in [-0.05, 0) is 61.8 Å². The number of ketones is 1. The van der Waals surface area contributed by atoms with E-state index in [2.05, 4.69) is 32.8 Å². The summed E-state index contributed by atoms with van der Waals surface area (Å²) in [6.45, 7) is 2.32. The Morgan fingerprint density at radius 3 is 2.76 bits per heavy atom. The average Bonchev–Trinajstić information content (AvgIpc) is 3.48. The standard InChI is InChI=1S/C27H27ClN4O3.2BrH/c1-31-8-7-19(31)13-32-14-23(21-5-3-16(11-24(21)32)22-12-29-30-27(22)28)26(33)18-9-17-10-20(34-2)4-6-25(17)35-15-18;;/h3-6,10-12,14,18-19H,7-9,13,15H2,1-2H3,(H,29,30);2*1H/t18-,19+;;/m0../s1. The Balaban J connectivity index is 0.00000160. The van der Waals surface area contributed by atoms with Gasteiger partial charge >= 0.3 is 0 Å². The monoisotopic (exact) mass is 650 g/mol. The number of aromatic amines is 1. The minimum Gasteiger partial charge on any atom is -0.497 e. The molecule has 2 atom stereocenters. The van der Waals surface area contributed by atoms with Crippen molar-refractivity contribution in [3.05, 3.63) is 65.1 Å². The molecular weight excluding hydrogens is 624 g/mol. The zero-order chi connectivity index (χ0) is 24.1. The number of hydrogen-bond donors (Lipinski definition) is 1. The predicted octanol–water partition coefficient (Wildman–Crippen LogP) is 5.99. The van der Waals surface area contributed by atoms with Crippen molar-refractivity contribution in [1.82, 2.24) is 19.7 Å². The SMILES string of the molecule is Br.Br.COc1ccc2c(c1)C[C@H](C(=O)c1cn(C[C@H]3CCN3C)c3cc(-c4cn[nH]c4Cl)ccc13)CO2. The maximum Gasteiger partial charge on any atom is 0.171 e. The molecule has 1 saturated heterocycles. The van der Waals surface area contributed by atoms with Gasteiger partial charge < -0.3 is 18.9 Å². The lowest BCUT2D eigenvalue weighted by Crippen LogP contribution is -2.46. The molecule has 4 aromatic rings. The molecule has 37 heavy (non-hydrogen) atoms. The number of Topliss-reactive ketones (excluding diaryl/α,β-unsaturated/α-hetero) is 1. The predicted molar refractivity (Wildman–Crippen MR) is 156 cm³/mol. The second-order valence-electron chi connectivity index (χ2n) is 9.50. The van der Waals surface area contributed by atoms with Crippen LogP contribution in [0.5, 0.6) is 11.5 Å². The zero-order valence-electron chi connectivity index (χ0n) is 20.6. The van der Waals surface area contributed by atoms with Gasteiger partial charge in [0.2, 0.25) is 0 Å². The van der Waals surface area contributed by atoms with Crippen molar-refractivity contribution in [2.24, 2.45) is 5.92 Å². The second kappa shape index (κ2) is 11.2. The van der Waals surface area contributed by atoms with E-state index in [-0.39, 0.29) is 45.7 Å². The topological polar surface area (TPSA) is 72.4 Å². The number of rotatable bonds is 6. The molecule has 0 aliphatic carbocycles. The molecule has 2 aliphatic rings. The zero-order valence-corrected chi connectivity index (χ0v) is 24.8. The van der Waals surface area contributed by atoms with Crippen LogP contribution in [0.2, 0.25) is 5.15 Å². The van der Waals surface area contributed by atoms with Crippen molar-refractivity contribution < 1.29 is 14.3 Å². The normalized spacial score (nSPS) is 18.7. The highest BCUT2D eigenvalue weighted by atomic mass is 79.9. The van der Waals surface area contributed by atoms with E-state index >= 15 is 0 Å². The van der Waals surface area contributed by atoms with Crippen LogP contribution in [0.1, 0.15) is 22.3 Å². The summed E-state index contributed by atoms with van der Waals surface area (Å²) in [5.41, 5.74) is 4.60. The summed E-state index contributed by atoms with van der Waals surface area (Å²) in [4.78, 5) is 16.2. The largest absolute Gasteiger partial charge is 0.497 e. The Kier molecular flexibility index (Phi) is 8.38. The number of halogens is 3. The lowest BCUT2D eigenvalue weighted by molar-refractivity contribution is 0.0855. The van der Waals surface area contributed by atoms with Crippen molar-refractivity contribution in [2.45, 2.75) is 25.4 Å². The van der Waals surface area contributed by atoms with Crippen molar-refractivity contribution in [3.63, 3.8) is 0 Å². The number of ether oxygens (including phenoxy) is 2. The number of nitrogens with zero attached hydrogens (tertiary/aromatic N) is 3. The molecule has 6 rings (SSSR count). The van der Waals surface area contributed by atoms with Crippen molar-refractivity contribution in [2.75, 3.05) is 27.3 Å². The van der Waals surface area contributed by atoms with Crippen LogP contribution >= 0.6 is 45.6 Å². The fraction of sp³-hybridized carbons (Fsp3) is 0.333. The number of carbonyl (C=O) groups excluding carboxylic acids is 1. The fourth-order valence-electron chi connectivity index (χ4n) is 5.19. The Bertz CT molecular complexity index is 1440. The first-order chi connectivity index (χ1) is 17.0. The lowest BCUT2D eigenvalue weighted by atomic mass is 9.89. The van der Waals surface area contributed by atoms with Crippen LogP contribution in [0.4, 0.5) is 0 Å². The number of fused-ring (bicyclic) bond motifs is 2. The molecule has 10 heteroatoms. The van der Waals surface area contributed by atoms with E-state index in [1.54, 1.807) is 13.3 Å². The fourth-order valence-corrected chi connectivity index (χ4v) is 5.40. The third-order valence-corrected chi connectivity index (χ3v) is 7.73. The highest BCUT2D eigenvalue weighted by Crippen LogP contribution is 2.35. The number of benzene rings is 2. The molecule has 0 amide bonds. The average molecular weight is 653 g/mol. The summed E-state index contributed by atoms with van der Waals surface area (Å²) in [7, 11) is 3.79. The molecule has 2 aromatic heterocycles. The van der Waals surface area contributed by atoms with Gasteiger partial charge in [0.1, 0.15) is 16.7 Å². The van der Waals surface area contributed by atoms with Gasteiger partial charge in [-0.2, -0.15) is 5.10 Å². The Hall–Kier alpha value is -2.33. The number of hydrogen-bond acceptors (Lipinski definition) is 5. The van der Waals surface area contributed by atoms with Gasteiger partial charge in [-0.3, -0.25) is 9.89 Å². The van der Waals surface area contributed by atoms with Crippen LogP contribution in [0, 0.1) is 5.92 Å². The molecule has 0 unspecified atom stereocenters. The van der Waals surface area contributed by atoms with E-state index in [0.29, 0.717) is 24.2 Å². The molecular formula is C27H29Br2ClN4O3. The third-order valence-electron chi connectivity index (χ3n) is 7.44. The third kappa shape index (κ3) is 5.06. The van der Waals surface area contributed by atoms with Gasteiger partial charge in [0, 0.05) is 40.8 Å². The van der Waals surface area contributed by atoms with Crippen LogP contribution in [-0.4, -0.2) is 58.8 Å². The smallest absolute Gasteiger partial charge is 0.171 e. The molecule has 0 saturated carbocycles. The minimum atomic E-state index is -0.247. The highest BCUT2D eigenvalue weighted by Gasteiger charge is 2.31. The maximum atomic E-state index is 13.8. The number of likely N-dealkylation sites (tertiary alicyclic amines) is 1. The molecule has 7 nitrogen and oxygen atoms in total. The van der Waals surface area contributed by atoms with Crippen molar-refractivity contribution in [1.29, 1.82) is 0 Å². The first-order valence-electron chi connectivity index (χ1n) is 11.9. The van der Waals surface area contributed by atoms with E-state index in [1.165, 1.54) is 0 Å². The Labute approximate surface area is 241 Å². The van der Waals surface area contributed by atoms with Gasteiger partial charge in [0.15, 0.2) is 5.78 Å². The number of methoxy groups -OCH3 is 1. The van der Waals surface area contributed by atoms with E-state index in [1.807, 2.05) is 36.5 Å². The molecule has 2 aromatic carbocycles. The van der Waals surface area contributed by atoms with Gasteiger partial charge in [-0.1, -0.05) is 23.7 Å². The molecule has 1 N–H and O–H groups in total. The van der Waals surface area contributed by atoms with Crippen LogP contribution in [0.15, 0.2) is 48.8 Å². The van der Waals surface area contributed by atoms with E-state index in [4.69, 9.17) is 21.1 Å². The first-order valence-corrected chi connectivity index (χ1v) is 12.3. The Morgan fingerprint density at radius 2 is 2.08 bits per heavy atom. The van der Waals surface area contributed by atoms with Crippen LogP contribution in [0.3, 0.4) is 0 Å². The van der Waals surface area contributed by atoms with Crippen LogP contribution in [0.25, 0.3) is 22.0 Å². The van der Waals surface area contributed by atoms with E-state index in [0.717, 1.165) is 64.2 Å². The van der Waals surface area contributed by atoms with Gasteiger partial charge in [-0.15, -0.1) is 34.0 Å². The minimum absolute atomic E-state index is 0. The summed E-state index contributed by atoms with van der Waals surface area (Å²) >= 11 is 6.31. The van der Waals surface area contributed by atoms with Gasteiger partial charge in [0.05, 0.1) is 25.8 Å². The quantitative estimate of drug-likeness (QED) is 0.260. The molecule has 1 fully saturated rings. The highest BCUT2D eigenvalue weighted by molar-refractivity contribution is 8.93. The lowest BCUT2D eigenvalue weighted by Gasteiger charge is -2.38.